The second-order valence-corrected chi connectivity index (χ2v) is 4.48. The zero-order valence-corrected chi connectivity index (χ0v) is 12.5. The number of ether oxygens (including phenoxy) is 1. The number of aromatic nitrogens is 6. The van der Waals surface area contributed by atoms with Crippen molar-refractivity contribution < 1.29 is 4.74 Å². The van der Waals surface area contributed by atoms with Crippen molar-refractivity contribution in [2.24, 2.45) is 0 Å². The molecule has 8 nitrogen and oxygen atoms in total. The van der Waals surface area contributed by atoms with Gasteiger partial charge in [0.05, 0.1) is 6.54 Å². The summed E-state index contributed by atoms with van der Waals surface area (Å²) in [6.07, 6.45) is 0. The van der Waals surface area contributed by atoms with Crippen LogP contribution in [-0.4, -0.2) is 43.1 Å². The molecule has 0 saturated heterocycles. The first-order valence-corrected chi connectivity index (χ1v) is 6.55. The summed E-state index contributed by atoms with van der Waals surface area (Å²) < 4.78 is 5.22. The summed E-state index contributed by atoms with van der Waals surface area (Å²) in [7, 11) is 0. The number of hydrogen-bond acceptors (Lipinski definition) is 8. The normalized spacial score (nSPS) is 10.4. The van der Waals surface area contributed by atoms with Crippen molar-refractivity contribution in [3.8, 4) is 6.01 Å². The average molecular weight is 357 g/mol. The third-order valence-electron chi connectivity index (χ3n) is 1.76. The molecule has 0 unspecified atom stereocenters. The molecule has 2 aromatic heterocycles. The third-order valence-corrected chi connectivity index (χ3v) is 2.43. The van der Waals surface area contributed by atoms with Gasteiger partial charge in [0.25, 0.3) is 0 Å². The summed E-state index contributed by atoms with van der Waals surface area (Å²) in [5.41, 5.74) is 0. The highest BCUT2D eigenvalue weighted by Gasteiger charge is 2.05. The Kier molecular flexibility index (Phi) is 5.30. The van der Waals surface area contributed by atoms with Crippen LogP contribution in [0.15, 0.2) is 0 Å². The van der Waals surface area contributed by atoms with Crippen molar-refractivity contribution >= 4 is 52.4 Å². The number of anilines is 1. The summed E-state index contributed by atoms with van der Waals surface area (Å²) >= 11 is 22.4. The highest BCUT2D eigenvalue weighted by Crippen LogP contribution is 2.11. The Morgan fingerprint density at radius 1 is 0.750 bits per heavy atom. The van der Waals surface area contributed by atoms with Crippen molar-refractivity contribution in [2.75, 3.05) is 18.5 Å². The summed E-state index contributed by atoms with van der Waals surface area (Å²) in [6.45, 7) is 0.551. The topological polar surface area (TPSA) is 98.6 Å². The zero-order valence-electron chi connectivity index (χ0n) is 9.52. The minimum absolute atomic E-state index is 0.00977. The molecular formula is C8H5Cl4N7O. The Labute approximate surface area is 132 Å². The molecule has 0 amide bonds. The van der Waals surface area contributed by atoms with Gasteiger partial charge in [0, 0.05) is 0 Å². The first-order chi connectivity index (χ1) is 9.52. The van der Waals surface area contributed by atoms with Crippen LogP contribution in [0, 0.1) is 0 Å². The molecule has 0 atom stereocenters. The molecule has 2 rings (SSSR count). The Bertz CT molecular complexity index is 519. The lowest BCUT2D eigenvalue weighted by Gasteiger charge is -2.06. The molecule has 1 N–H and O–H groups in total. The van der Waals surface area contributed by atoms with Gasteiger partial charge in [0.2, 0.25) is 27.1 Å². The van der Waals surface area contributed by atoms with E-state index in [9.17, 15) is 0 Å². The Morgan fingerprint density at radius 2 is 1.25 bits per heavy atom. The Balaban J connectivity index is 1.84. The van der Waals surface area contributed by atoms with E-state index < -0.39 is 0 Å². The summed E-state index contributed by atoms with van der Waals surface area (Å²) in [4.78, 5) is 22.3. The van der Waals surface area contributed by atoms with Crippen LogP contribution in [0.4, 0.5) is 5.95 Å². The Morgan fingerprint density at radius 3 is 1.80 bits per heavy atom. The Hall–Kier alpha value is -1.22. The van der Waals surface area contributed by atoms with Crippen LogP contribution >= 0.6 is 46.4 Å². The maximum atomic E-state index is 5.62. The molecule has 0 aliphatic carbocycles. The van der Waals surface area contributed by atoms with Gasteiger partial charge in [-0.15, -0.1) is 0 Å². The van der Waals surface area contributed by atoms with Gasteiger partial charge in [-0.1, -0.05) is 0 Å². The summed E-state index contributed by atoms with van der Waals surface area (Å²) in [5, 5.41) is 2.71. The molecule has 2 aromatic rings. The van der Waals surface area contributed by atoms with E-state index in [1.807, 2.05) is 0 Å². The van der Waals surface area contributed by atoms with Crippen molar-refractivity contribution in [3.05, 3.63) is 21.1 Å². The lowest BCUT2D eigenvalue weighted by atomic mass is 10.7. The van der Waals surface area contributed by atoms with Crippen molar-refractivity contribution in [3.63, 3.8) is 0 Å². The van der Waals surface area contributed by atoms with Gasteiger partial charge in [-0.2, -0.15) is 29.9 Å². The van der Waals surface area contributed by atoms with Gasteiger partial charge in [-0.25, -0.2) is 0 Å². The van der Waals surface area contributed by atoms with Crippen LogP contribution in [0.1, 0.15) is 0 Å². The maximum absolute atomic E-state index is 5.62. The first kappa shape index (κ1) is 15.2. The predicted octanol–water partition coefficient (Wildman–Crippen LogP) is 2.16. The quantitative estimate of drug-likeness (QED) is 0.813. The third kappa shape index (κ3) is 4.71. The SMILES string of the molecule is Clc1nc(Cl)nc(NCCOc2nc(Cl)nc(Cl)n2)n1. The van der Waals surface area contributed by atoms with Crippen LogP contribution < -0.4 is 10.1 Å². The van der Waals surface area contributed by atoms with E-state index in [1.54, 1.807) is 0 Å². The van der Waals surface area contributed by atoms with E-state index in [1.165, 1.54) is 0 Å². The van der Waals surface area contributed by atoms with Gasteiger partial charge < -0.3 is 10.1 Å². The molecule has 0 aromatic carbocycles. The highest BCUT2D eigenvalue weighted by molar-refractivity contribution is 6.31. The molecule has 0 aliphatic rings. The zero-order chi connectivity index (χ0) is 14.5. The number of halogens is 4. The van der Waals surface area contributed by atoms with Gasteiger partial charge in [-0.05, 0) is 46.4 Å². The highest BCUT2D eigenvalue weighted by atomic mass is 35.5. The number of nitrogens with zero attached hydrogens (tertiary/aromatic N) is 6. The minimum atomic E-state index is -0.0519. The average Bonchev–Trinajstić information content (AvgIpc) is 2.32. The second kappa shape index (κ2) is 6.98. The molecular weight excluding hydrogens is 352 g/mol. The fourth-order valence-corrected chi connectivity index (χ4v) is 1.80. The molecule has 0 aliphatic heterocycles. The molecule has 20 heavy (non-hydrogen) atoms. The molecule has 106 valence electrons. The molecule has 2 heterocycles. The molecule has 0 fully saturated rings. The lowest BCUT2D eigenvalue weighted by Crippen LogP contribution is -2.15. The minimum Gasteiger partial charge on any atom is -0.461 e. The maximum Gasteiger partial charge on any atom is 0.322 e. The summed E-state index contributed by atoms with van der Waals surface area (Å²) in [5.74, 6) is 0.227. The molecule has 0 saturated carbocycles. The van der Waals surface area contributed by atoms with E-state index in [-0.39, 0.29) is 39.7 Å². The first-order valence-electron chi connectivity index (χ1n) is 5.04. The fourth-order valence-electron chi connectivity index (χ4n) is 1.08. The molecule has 0 bridgehead atoms. The van der Waals surface area contributed by atoms with E-state index in [0.717, 1.165) is 0 Å². The van der Waals surface area contributed by atoms with E-state index in [4.69, 9.17) is 51.1 Å². The van der Waals surface area contributed by atoms with E-state index in [2.05, 4.69) is 35.2 Å². The fraction of sp³-hybridized carbons (Fsp3) is 0.250. The van der Waals surface area contributed by atoms with E-state index >= 15 is 0 Å². The number of hydrogen-bond donors (Lipinski definition) is 1. The van der Waals surface area contributed by atoms with Crippen LogP contribution in [-0.2, 0) is 0 Å². The van der Waals surface area contributed by atoms with Crippen LogP contribution in [0.5, 0.6) is 6.01 Å². The standard InChI is InChI=1S/C8H5Cl4N7O/c9-3-14-4(10)17-7(16-3)13-1-2-20-8-18-5(11)15-6(12)19-8/h1-2H2,(H,13,14,16,17). The molecule has 12 heteroatoms. The largest absolute Gasteiger partial charge is 0.461 e. The van der Waals surface area contributed by atoms with Crippen LogP contribution in [0.3, 0.4) is 0 Å². The predicted molar refractivity (Wildman–Crippen MR) is 73.7 cm³/mol. The van der Waals surface area contributed by atoms with E-state index in [0.29, 0.717) is 6.54 Å². The van der Waals surface area contributed by atoms with Gasteiger partial charge in [0.15, 0.2) is 0 Å². The summed E-state index contributed by atoms with van der Waals surface area (Å²) in [6, 6.07) is 0.0171. The monoisotopic (exact) mass is 355 g/mol. The lowest BCUT2D eigenvalue weighted by molar-refractivity contribution is 0.304. The number of nitrogens with one attached hydrogen (secondary N) is 1. The van der Waals surface area contributed by atoms with Crippen LogP contribution in [0.2, 0.25) is 21.1 Å². The second-order valence-electron chi connectivity index (χ2n) is 3.13. The number of rotatable bonds is 5. The van der Waals surface area contributed by atoms with Crippen molar-refractivity contribution in [1.82, 2.24) is 29.9 Å². The van der Waals surface area contributed by atoms with Gasteiger partial charge >= 0.3 is 6.01 Å². The van der Waals surface area contributed by atoms with Crippen molar-refractivity contribution in [1.29, 1.82) is 0 Å². The van der Waals surface area contributed by atoms with Crippen LogP contribution in [0.25, 0.3) is 0 Å². The molecule has 0 spiro atoms. The van der Waals surface area contributed by atoms with Gasteiger partial charge in [0.1, 0.15) is 6.61 Å². The van der Waals surface area contributed by atoms with Gasteiger partial charge in [-0.3, -0.25) is 0 Å². The smallest absolute Gasteiger partial charge is 0.322 e. The van der Waals surface area contributed by atoms with Crippen molar-refractivity contribution in [2.45, 2.75) is 0 Å². The molecule has 0 radical (unpaired) electrons.